The van der Waals surface area contributed by atoms with Gasteiger partial charge in [-0.2, -0.15) is 9.97 Å². The molecule has 4 atom stereocenters. The highest BCUT2D eigenvalue weighted by atomic mass is 16.5. The van der Waals surface area contributed by atoms with E-state index in [-0.39, 0.29) is 18.5 Å². The zero-order valence-electron chi connectivity index (χ0n) is 23.5. The maximum absolute atomic E-state index is 12.5. The van der Waals surface area contributed by atoms with Crippen molar-refractivity contribution in [2.24, 2.45) is 5.92 Å². The number of anilines is 1. The third-order valence-electron chi connectivity index (χ3n) is 9.39. The summed E-state index contributed by atoms with van der Waals surface area (Å²) in [6.07, 6.45) is 6.04. The van der Waals surface area contributed by atoms with Crippen LogP contribution in [0.5, 0.6) is 6.01 Å². The van der Waals surface area contributed by atoms with Crippen LogP contribution in [0.3, 0.4) is 0 Å². The zero-order valence-corrected chi connectivity index (χ0v) is 23.5. The van der Waals surface area contributed by atoms with Gasteiger partial charge >= 0.3 is 6.01 Å². The van der Waals surface area contributed by atoms with Crippen LogP contribution < -0.4 is 9.64 Å². The zero-order chi connectivity index (χ0) is 28.1. The third kappa shape index (κ3) is 4.70. The van der Waals surface area contributed by atoms with Crippen molar-refractivity contribution in [2.45, 2.75) is 43.7 Å². The number of ether oxygens (including phenoxy) is 1. The fourth-order valence-corrected chi connectivity index (χ4v) is 7.07. The van der Waals surface area contributed by atoms with Gasteiger partial charge in [-0.3, -0.25) is 4.79 Å². The number of likely N-dealkylation sites (N-methyl/N-ethyl adjacent to an activating group) is 1. The number of pyridine rings is 1. The summed E-state index contributed by atoms with van der Waals surface area (Å²) in [5, 5.41) is 0.848. The van der Waals surface area contributed by atoms with Crippen molar-refractivity contribution >= 4 is 22.8 Å². The van der Waals surface area contributed by atoms with Crippen molar-refractivity contribution in [2.75, 3.05) is 51.3 Å². The topological polar surface area (TPSA) is 79.1 Å². The molecular formula is C32H35N7O2. The summed E-state index contributed by atoms with van der Waals surface area (Å²) in [6.45, 7) is 14.5. The number of hydrogen-bond donors (Lipinski definition) is 0. The van der Waals surface area contributed by atoms with Crippen LogP contribution in [0.2, 0.25) is 0 Å². The Kier molecular flexibility index (Phi) is 6.58. The van der Waals surface area contributed by atoms with Gasteiger partial charge in [-0.25, -0.2) is 11.6 Å². The molecule has 2 aromatic heterocycles. The standard InChI is InChI=1S/C32H35N7O2/c1-4-28(40)39-14-13-38(18-23(39)17-33-2)31-25-10-11-27(24-9-5-7-20-15-21-16-26(21)29(20)24)34-30(25)35-32(36-31)41-19-22-8-6-12-37(22)3/h4-5,7,9-11,21-23,26H,1,6,8,12-19H2,3H3/t21?,22-,23-,26?/m0/s1. The molecule has 210 valence electrons. The molecule has 1 aromatic carbocycles. The van der Waals surface area contributed by atoms with Gasteiger partial charge in [0.25, 0.3) is 0 Å². The van der Waals surface area contributed by atoms with E-state index in [1.165, 1.54) is 42.0 Å². The molecule has 2 saturated heterocycles. The number of carbonyl (C=O) groups is 1. The van der Waals surface area contributed by atoms with Gasteiger partial charge in [0.2, 0.25) is 12.5 Å². The maximum Gasteiger partial charge on any atom is 0.320 e. The molecule has 1 amide bonds. The van der Waals surface area contributed by atoms with E-state index in [9.17, 15) is 4.79 Å². The summed E-state index contributed by atoms with van der Waals surface area (Å²) in [4.78, 5) is 37.2. The molecule has 41 heavy (non-hydrogen) atoms. The summed E-state index contributed by atoms with van der Waals surface area (Å²) in [6, 6.07) is 11.2. The van der Waals surface area contributed by atoms with Gasteiger partial charge in [-0.15, -0.1) is 0 Å². The molecule has 4 heterocycles. The largest absolute Gasteiger partial charge is 0.462 e. The van der Waals surface area contributed by atoms with Crippen LogP contribution in [0, 0.1) is 12.5 Å². The average molecular weight is 550 g/mol. The number of piperazine rings is 1. The number of aromatic nitrogens is 3. The minimum absolute atomic E-state index is 0.143. The number of fused-ring (bicyclic) bond motifs is 4. The quantitative estimate of drug-likeness (QED) is 0.326. The van der Waals surface area contributed by atoms with E-state index in [1.807, 2.05) is 0 Å². The minimum atomic E-state index is -0.251. The van der Waals surface area contributed by atoms with Crippen molar-refractivity contribution < 1.29 is 9.53 Å². The predicted octanol–water partition coefficient (Wildman–Crippen LogP) is 3.95. The van der Waals surface area contributed by atoms with E-state index >= 15 is 0 Å². The average Bonchev–Trinajstić information content (AvgIpc) is 3.47. The second kappa shape index (κ2) is 10.4. The van der Waals surface area contributed by atoms with Gasteiger partial charge in [0.05, 0.1) is 11.1 Å². The smallest absolute Gasteiger partial charge is 0.320 e. The van der Waals surface area contributed by atoms with Gasteiger partial charge < -0.3 is 24.3 Å². The van der Waals surface area contributed by atoms with Crippen LogP contribution in [0.4, 0.5) is 5.82 Å². The monoisotopic (exact) mass is 549 g/mol. The summed E-state index contributed by atoms with van der Waals surface area (Å²) < 4.78 is 6.24. The molecule has 0 radical (unpaired) electrons. The number of nitrogens with zero attached hydrogens (tertiary/aromatic N) is 7. The molecular weight excluding hydrogens is 514 g/mol. The molecule has 1 saturated carbocycles. The first kappa shape index (κ1) is 25.9. The van der Waals surface area contributed by atoms with Crippen LogP contribution in [0.15, 0.2) is 43.0 Å². The van der Waals surface area contributed by atoms with E-state index in [0.717, 1.165) is 35.8 Å². The van der Waals surface area contributed by atoms with E-state index in [4.69, 9.17) is 26.3 Å². The van der Waals surface area contributed by atoms with Crippen molar-refractivity contribution in [1.82, 2.24) is 24.8 Å². The number of hydrogen-bond acceptors (Lipinski definition) is 7. The van der Waals surface area contributed by atoms with Crippen molar-refractivity contribution in [3.8, 4) is 17.3 Å². The Balaban J connectivity index is 1.26. The van der Waals surface area contributed by atoms with Crippen LogP contribution in [-0.4, -0.2) is 89.1 Å². The lowest BCUT2D eigenvalue weighted by Gasteiger charge is -2.39. The first-order chi connectivity index (χ1) is 20.0. The van der Waals surface area contributed by atoms with E-state index in [1.54, 1.807) is 4.90 Å². The van der Waals surface area contributed by atoms with Gasteiger partial charge in [-0.1, -0.05) is 24.8 Å². The Morgan fingerprint density at radius 3 is 2.88 bits per heavy atom. The Morgan fingerprint density at radius 1 is 1.17 bits per heavy atom. The lowest BCUT2D eigenvalue weighted by atomic mass is 9.97. The van der Waals surface area contributed by atoms with E-state index in [2.05, 4.69) is 58.6 Å². The highest BCUT2D eigenvalue weighted by Gasteiger charge is 2.46. The summed E-state index contributed by atoms with van der Waals surface area (Å²) in [7, 11) is 2.13. The Hall–Kier alpha value is -4.03. The normalized spacial score (nSPS) is 25.1. The number of benzene rings is 1. The fraction of sp³-hybridized carbons (Fsp3) is 0.469. The molecule has 2 aliphatic heterocycles. The van der Waals surface area contributed by atoms with Crippen LogP contribution in [0.25, 0.3) is 27.1 Å². The Labute approximate surface area is 240 Å². The van der Waals surface area contributed by atoms with Gasteiger partial charge in [-0.05, 0) is 80.4 Å². The van der Waals surface area contributed by atoms with Crippen molar-refractivity contribution in [3.63, 3.8) is 0 Å². The molecule has 3 aromatic rings. The van der Waals surface area contributed by atoms with Crippen molar-refractivity contribution in [3.05, 3.63) is 65.5 Å². The highest BCUT2D eigenvalue weighted by molar-refractivity contribution is 5.90. The molecule has 2 aliphatic carbocycles. The molecule has 0 N–H and O–H groups in total. The molecule has 9 heteroatoms. The van der Waals surface area contributed by atoms with Gasteiger partial charge in [0, 0.05) is 31.2 Å². The van der Waals surface area contributed by atoms with Crippen LogP contribution >= 0.6 is 0 Å². The Bertz CT molecular complexity index is 1570. The van der Waals surface area contributed by atoms with Gasteiger partial charge in [0.15, 0.2) is 5.65 Å². The summed E-state index contributed by atoms with van der Waals surface area (Å²) >= 11 is 0. The lowest BCUT2D eigenvalue weighted by molar-refractivity contribution is -0.128. The van der Waals surface area contributed by atoms with E-state index in [0.29, 0.717) is 49.9 Å². The Morgan fingerprint density at radius 2 is 2.07 bits per heavy atom. The fourth-order valence-electron chi connectivity index (χ4n) is 7.07. The number of likely N-dealkylation sites (tertiary alicyclic amines) is 1. The molecule has 0 bridgehead atoms. The SMILES string of the molecule is [C-]#[N+]C[C@H]1CN(c2nc(OC[C@@H]3CCCN3C)nc3nc(-c4cccc5c4C4CC4C5)ccc23)CCN1C(=O)C=C. The number of carbonyl (C=O) groups excluding carboxylic acids is 1. The highest BCUT2D eigenvalue weighted by Crippen LogP contribution is 2.58. The minimum Gasteiger partial charge on any atom is -0.462 e. The third-order valence-corrected chi connectivity index (χ3v) is 9.39. The maximum atomic E-state index is 12.5. The first-order valence-electron chi connectivity index (χ1n) is 14.7. The molecule has 4 aliphatic rings. The first-order valence-corrected chi connectivity index (χ1v) is 14.7. The number of amides is 1. The predicted molar refractivity (Wildman–Crippen MR) is 158 cm³/mol. The molecule has 3 fully saturated rings. The van der Waals surface area contributed by atoms with Crippen LogP contribution in [0.1, 0.15) is 36.3 Å². The molecule has 2 unspecified atom stereocenters. The molecule has 7 rings (SSSR count). The molecule has 9 nitrogen and oxygen atoms in total. The molecule has 0 spiro atoms. The van der Waals surface area contributed by atoms with Crippen molar-refractivity contribution in [1.29, 1.82) is 0 Å². The van der Waals surface area contributed by atoms with Gasteiger partial charge in [0.1, 0.15) is 18.5 Å². The van der Waals surface area contributed by atoms with Crippen LogP contribution in [-0.2, 0) is 11.2 Å². The summed E-state index contributed by atoms with van der Waals surface area (Å²) in [5.74, 6) is 2.06. The summed E-state index contributed by atoms with van der Waals surface area (Å²) in [5.41, 5.74) is 5.66. The number of rotatable bonds is 7. The lowest BCUT2D eigenvalue weighted by Crippen LogP contribution is -2.56. The second-order valence-electron chi connectivity index (χ2n) is 11.8. The second-order valence-corrected chi connectivity index (χ2v) is 11.8. The van der Waals surface area contributed by atoms with E-state index < -0.39 is 0 Å².